The maximum atomic E-state index is 9.92. The van der Waals surface area contributed by atoms with Crippen LogP contribution in [0.5, 0.6) is 0 Å². The van der Waals surface area contributed by atoms with E-state index in [1.807, 2.05) is 0 Å². The molecule has 1 radical (unpaired) electrons. The molecular formula is C16H30CrO4+. The van der Waals surface area contributed by atoms with Gasteiger partial charge in [-0.2, -0.15) is 0 Å². The Morgan fingerprint density at radius 3 is 1.14 bits per heavy atom. The molecule has 0 aromatic carbocycles. The minimum atomic E-state index is -0.920. The van der Waals surface area contributed by atoms with Gasteiger partial charge in [0.1, 0.15) is 0 Å². The van der Waals surface area contributed by atoms with Crippen molar-refractivity contribution in [1.82, 2.24) is 0 Å². The first-order valence-electron chi connectivity index (χ1n) is 7.94. The van der Waals surface area contributed by atoms with E-state index in [2.05, 4.69) is 13.8 Å². The van der Waals surface area contributed by atoms with Crippen LogP contribution in [-0.2, 0) is 27.0 Å². The third-order valence-corrected chi connectivity index (χ3v) is 2.97. The Labute approximate surface area is 140 Å². The summed E-state index contributed by atoms with van der Waals surface area (Å²) in [5, 5.41) is 19.8. The average Bonchev–Trinajstić information content (AvgIpc) is 2.38. The van der Waals surface area contributed by atoms with Crippen LogP contribution in [0, 0.1) is 0 Å². The number of hydrogen-bond acceptors (Lipinski definition) is 4. The molecule has 0 heterocycles. The van der Waals surface area contributed by atoms with Crippen molar-refractivity contribution in [2.45, 2.75) is 90.9 Å². The molecule has 123 valence electrons. The van der Waals surface area contributed by atoms with E-state index in [9.17, 15) is 19.8 Å². The van der Waals surface area contributed by atoms with Crippen LogP contribution in [0.15, 0.2) is 0 Å². The molecule has 4 nitrogen and oxygen atoms in total. The van der Waals surface area contributed by atoms with Crippen LogP contribution in [0.1, 0.15) is 90.9 Å². The van der Waals surface area contributed by atoms with Gasteiger partial charge in [0, 0.05) is 11.9 Å². The molecule has 0 N–H and O–H groups in total. The van der Waals surface area contributed by atoms with Crippen LogP contribution in [0.25, 0.3) is 0 Å². The maximum absolute atomic E-state index is 9.92. The first-order chi connectivity index (χ1) is 9.54. The third kappa shape index (κ3) is 32.8. The van der Waals surface area contributed by atoms with Crippen molar-refractivity contribution >= 4 is 11.9 Å². The molecule has 0 atom stereocenters. The normalized spacial score (nSPS) is 9.24. The topological polar surface area (TPSA) is 80.3 Å². The van der Waals surface area contributed by atoms with Gasteiger partial charge in [0.05, 0.1) is 0 Å². The molecule has 0 aliphatic heterocycles. The maximum Gasteiger partial charge on any atom is 3.00 e. The van der Waals surface area contributed by atoms with Crippen LogP contribution < -0.4 is 10.2 Å². The molecular weight excluding hydrogens is 308 g/mol. The molecule has 0 bridgehead atoms. The van der Waals surface area contributed by atoms with E-state index >= 15 is 0 Å². The zero-order valence-corrected chi connectivity index (χ0v) is 14.8. The predicted molar refractivity (Wildman–Crippen MR) is 76.8 cm³/mol. The van der Waals surface area contributed by atoms with Crippen LogP contribution in [0.4, 0.5) is 0 Å². The van der Waals surface area contributed by atoms with E-state index < -0.39 is 11.9 Å². The zero-order valence-electron chi connectivity index (χ0n) is 13.5. The Balaban J connectivity index is -0.000000295. The molecule has 0 amide bonds. The number of carboxylic acid groups (broad SMARTS) is 2. The van der Waals surface area contributed by atoms with E-state index in [0.29, 0.717) is 0 Å². The average molecular weight is 338 g/mol. The van der Waals surface area contributed by atoms with Crippen LogP contribution in [0.3, 0.4) is 0 Å². The number of carbonyl (C=O) groups is 2. The fraction of sp³-hybridized carbons (Fsp3) is 0.875. The van der Waals surface area contributed by atoms with Crippen molar-refractivity contribution in [2.24, 2.45) is 0 Å². The molecule has 0 aromatic rings. The van der Waals surface area contributed by atoms with E-state index in [0.717, 1.165) is 38.5 Å². The summed E-state index contributed by atoms with van der Waals surface area (Å²) in [6.07, 6.45) is 11.2. The number of rotatable bonds is 12. The molecule has 0 aliphatic rings. The van der Waals surface area contributed by atoms with E-state index in [1.54, 1.807) is 0 Å². The van der Waals surface area contributed by atoms with Crippen molar-refractivity contribution in [1.29, 1.82) is 0 Å². The minimum absolute atomic E-state index is 0. The van der Waals surface area contributed by atoms with Gasteiger partial charge >= 0.3 is 17.4 Å². The smallest absolute Gasteiger partial charge is 0.550 e. The monoisotopic (exact) mass is 338 g/mol. The summed E-state index contributed by atoms with van der Waals surface area (Å²) in [5.41, 5.74) is 0. The molecule has 21 heavy (non-hydrogen) atoms. The van der Waals surface area contributed by atoms with E-state index in [4.69, 9.17) is 0 Å². The van der Waals surface area contributed by atoms with Gasteiger partial charge in [-0.05, 0) is 25.7 Å². The van der Waals surface area contributed by atoms with Crippen molar-refractivity contribution in [3.63, 3.8) is 0 Å². The minimum Gasteiger partial charge on any atom is -0.550 e. The van der Waals surface area contributed by atoms with E-state index in [1.165, 1.54) is 25.7 Å². The second-order valence-corrected chi connectivity index (χ2v) is 5.07. The standard InChI is InChI=1S/2C8H16O2.Cr/c2*1-2-3-4-5-6-7-8(9)10;/h2*2-7H2,1H3,(H,9,10);/q;;+3/p-2. The number of aliphatic carboxylic acids is 2. The number of unbranched alkanes of at least 4 members (excludes halogenated alkanes) is 8. The van der Waals surface area contributed by atoms with Crippen molar-refractivity contribution in [3.8, 4) is 0 Å². The van der Waals surface area contributed by atoms with Gasteiger partial charge in [0.2, 0.25) is 0 Å². The van der Waals surface area contributed by atoms with Gasteiger partial charge in [0.15, 0.2) is 0 Å². The molecule has 0 aromatic heterocycles. The Hall–Kier alpha value is -0.528. The summed E-state index contributed by atoms with van der Waals surface area (Å²) >= 11 is 0. The Bertz CT molecular complexity index is 208. The molecule has 0 unspecified atom stereocenters. The molecule has 5 heteroatoms. The fourth-order valence-corrected chi connectivity index (χ4v) is 1.75. The Morgan fingerprint density at radius 1 is 0.619 bits per heavy atom. The van der Waals surface area contributed by atoms with Crippen molar-refractivity contribution in [2.75, 3.05) is 0 Å². The number of carboxylic acids is 2. The first kappa shape index (κ1) is 25.4. The van der Waals surface area contributed by atoms with Crippen LogP contribution in [-0.4, -0.2) is 11.9 Å². The predicted octanol–water partition coefficient (Wildman–Crippen LogP) is 2.19. The molecule has 0 saturated carbocycles. The van der Waals surface area contributed by atoms with Crippen molar-refractivity contribution in [3.05, 3.63) is 0 Å². The SMILES string of the molecule is CCCCCCCC(=O)[O-].CCCCCCCC(=O)[O-].[Cr+3]. The van der Waals surface area contributed by atoms with Gasteiger partial charge in [-0.3, -0.25) is 0 Å². The molecule has 0 fully saturated rings. The summed E-state index contributed by atoms with van der Waals surface area (Å²) in [7, 11) is 0. The zero-order chi connectivity index (χ0) is 15.6. The largest absolute Gasteiger partial charge is 3.00 e. The molecule has 0 spiro atoms. The number of carbonyl (C=O) groups excluding carboxylic acids is 2. The second-order valence-electron chi connectivity index (χ2n) is 5.07. The van der Waals surface area contributed by atoms with E-state index in [-0.39, 0.29) is 30.2 Å². The fourth-order valence-electron chi connectivity index (χ4n) is 1.75. The van der Waals surface area contributed by atoms with Gasteiger partial charge in [-0.15, -0.1) is 0 Å². The Morgan fingerprint density at radius 2 is 0.905 bits per heavy atom. The van der Waals surface area contributed by atoms with Crippen LogP contribution >= 0.6 is 0 Å². The number of hydrogen-bond donors (Lipinski definition) is 0. The van der Waals surface area contributed by atoms with Crippen LogP contribution in [0.2, 0.25) is 0 Å². The Kier molecular flexibility index (Phi) is 26.4. The summed E-state index contributed by atoms with van der Waals surface area (Å²) in [6.45, 7) is 4.28. The molecule has 0 rings (SSSR count). The second kappa shape index (κ2) is 21.8. The van der Waals surface area contributed by atoms with Gasteiger partial charge in [0.25, 0.3) is 0 Å². The summed E-state index contributed by atoms with van der Waals surface area (Å²) in [6, 6.07) is 0. The first-order valence-corrected chi connectivity index (χ1v) is 7.94. The molecule has 0 aliphatic carbocycles. The van der Waals surface area contributed by atoms with Gasteiger partial charge in [-0.1, -0.05) is 65.2 Å². The summed E-state index contributed by atoms with van der Waals surface area (Å²) in [4.78, 5) is 19.8. The third-order valence-electron chi connectivity index (χ3n) is 2.97. The van der Waals surface area contributed by atoms with Gasteiger partial charge < -0.3 is 19.8 Å². The summed E-state index contributed by atoms with van der Waals surface area (Å²) < 4.78 is 0. The summed E-state index contributed by atoms with van der Waals surface area (Å²) in [5.74, 6) is -1.84. The van der Waals surface area contributed by atoms with Crippen molar-refractivity contribution < 1.29 is 37.2 Å². The quantitative estimate of drug-likeness (QED) is 0.511. The van der Waals surface area contributed by atoms with Gasteiger partial charge in [-0.25, -0.2) is 0 Å². The molecule has 0 saturated heterocycles.